The van der Waals surface area contributed by atoms with E-state index in [2.05, 4.69) is 20.7 Å². The molecule has 0 amide bonds. The average Bonchev–Trinajstić information content (AvgIpc) is 1.84. The van der Waals surface area contributed by atoms with E-state index in [1.54, 1.807) is 0 Å². The smallest absolute Gasteiger partial charge is 0.390 e. The highest BCUT2D eigenvalue weighted by Gasteiger charge is 2.34. The van der Waals surface area contributed by atoms with Crippen molar-refractivity contribution in [3.63, 3.8) is 0 Å². The molecule has 0 spiro atoms. The van der Waals surface area contributed by atoms with E-state index in [9.17, 15) is 18.0 Å². The van der Waals surface area contributed by atoms with E-state index in [0.29, 0.717) is 0 Å². The standard InChI is InChI=1S/C6H8BrF3O2/c1-2-12-5(11)4(7)3-6(8,9)10/h4H,2-3H2,1H3. The number of ether oxygens (including phenoxy) is 1. The van der Waals surface area contributed by atoms with Crippen LogP contribution < -0.4 is 0 Å². The first-order valence-corrected chi connectivity index (χ1v) is 4.16. The van der Waals surface area contributed by atoms with Gasteiger partial charge in [-0.15, -0.1) is 0 Å². The maximum atomic E-state index is 11.7. The summed E-state index contributed by atoms with van der Waals surface area (Å²) >= 11 is 2.59. The second-order valence-electron chi connectivity index (χ2n) is 2.04. The van der Waals surface area contributed by atoms with E-state index >= 15 is 0 Å². The molecule has 2 nitrogen and oxygen atoms in total. The second-order valence-corrected chi connectivity index (χ2v) is 3.14. The summed E-state index contributed by atoms with van der Waals surface area (Å²) in [6, 6.07) is 0. The van der Waals surface area contributed by atoms with Gasteiger partial charge in [-0.25, -0.2) is 0 Å². The van der Waals surface area contributed by atoms with Crippen LogP contribution in [0.5, 0.6) is 0 Å². The van der Waals surface area contributed by atoms with Gasteiger partial charge in [0.05, 0.1) is 13.0 Å². The zero-order valence-electron chi connectivity index (χ0n) is 6.32. The van der Waals surface area contributed by atoms with Crippen molar-refractivity contribution in [2.24, 2.45) is 0 Å². The second kappa shape index (κ2) is 4.69. The van der Waals surface area contributed by atoms with Crippen LogP contribution in [0.15, 0.2) is 0 Å². The number of alkyl halides is 4. The quantitative estimate of drug-likeness (QED) is 0.566. The van der Waals surface area contributed by atoms with Crippen LogP contribution in [0.1, 0.15) is 13.3 Å². The van der Waals surface area contributed by atoms with Gasteiger partial charge >= 0.3 is 12.1 Å². The maximum absolute atomic E-state index is 11.7. The SMILES string of the molecule is CCOC(=O)C(Br)CC(F)(F)F. The lowest BCUT2D eigenvalue weighted by Gasteiger charge is -2.10. The molecule has 0 aliphatic carbocycles. The normalized spacial score (nSPS) is 14.1. The van der Waals surface area contributed by atoms with Gasteiger partial charge in [0.25, 0.3) is 0 Å². The van der Waals surface area contributed by atoms with Gasteiger partial charge in [0, 0.05) is 0 Å². The first-order chi connectivity index (χ1) is 5.37. The van der Waals surface area contributed by atoms with Crippen LogP contribution in [0.25, 0.3) is 0 Å². The molecule has 0 radical (unpaired) electrons. The van der Waals surface area contributed by atoms with E-state index in [1.165, 1.54) is 6.92 Å². The summed E-state index contributed by atoms with van der Waals surface area (Å²) in [6.07, 6.45) is -5.55. The maximum Gasteiger partial charge on any atom is 0.390 e. The van der Waals surface area contributed by atoms with Gasteiger partial charge in [-0.1, -0.05) is 15.9 Å². The fraction of sp³-hybridized carbons (Fsp3) is 0.833. The lowest BCUT2D eigenvalue weighted by Crippen LogP contribution is -2.24. The Hall–Kier alpha value is -0.260. The first kappa shape index (κ1) is 11.7. The molecule has 12 heavy (non-hydrogen) atoms. The number of esters is 1. The molecule has 0 bridgehead atoms. The Kier molecular flexibility index (Phi) is 4.59. The summed E-state index contributed by atoms with van der Waals surface area (Å²) in [7, 11) is 0. The van der Waals surface area contributed by atoms with E-state index in [-0.39, 0.29) is 6.61 Å². The monoisotopic (exact) mass is 248 g/mol. The summed E-state index contributed by atoms with van der Waals surface area (Å²) in [4.78, 5) is 9.36. The van der Waals surface area contributed by atoms with Crippen LogP contribution in [-0.2, 0) is 9.53 Å². The molecular weight excluding hydrogens is 241 g/mol. The molecule has 0 fully saturated rings. The fourth-order valence-corrected chi connectivity index (χ4v) is 1.02. The number of hydrogen-bond acceptors (Lipinski definition) is 2. The molecule has 0 N–H and O–H groups in total. The van der Waals surface area contributed by atoms with Crippen LogP contribution in [0.3, 0.4) is 0 Å². The number of hydrogen-bond donors (Lipinski definition) is 0. The van der Waals surface area contributed by atoms with Gasteiger partial charge in [-0.05, 0) is 6.92 Å². The van der Waals surface area contributed by atoms with Gasteiger partial charge in [0.1, 0.15) is 4.83 Å². The van der Waals surface area contributed by atoms with Crippen molar-refractivity contribution >= 4 is 21.9 Å². The van der Waals surface area contributed by atoms with Crippen molar-refractivity contribution < 1.29 is 22.7 Å². The fourth-order valence-electron chi connectivity index (χ4n) is 0.519. The summed E-state index contributed by atoms with van der Waals surface area (Å²) < 4.78 is 39.4. The Morgan fingerprint density at radius 2 is 2.08 bits per heavy atom. The Morgan fingerprint density at radius 1 is 1.58 bits per heavy atom. The molecule has 0 saturated heterocycles. The van der Waals surface area contributed by atoms with Crippen molar-refractivity contribution in [1.29, 1.82) is 0 Å². The molecule has 6 heteroatoms. The highest BCUT2D eigenvalue weighted by molar-refractivity contribution is 9.10. The number of carbonyl (C=O) groups excluding carboxylic acids is 1. The molecule has 1 atom stereocenters. The Bertz CT molecular complexity index is 157. The predicted molar refractivity (Wildman–Crippen MR) is 40.0 cm³/mol. The van der Waals surface area contributed by atoms with Gasteiger partial charge in [0.2, 0.25) is 0 Å². The predicted octanol–water partition coefficient (Wildman–Crippen LogP) is 2.27. The average molecular weight is 249 g/mol. The summed E-state index contributed by atoms with van der Waals surface area (Å²) in [5, 5.41) is 0. The van der Waals surface area contributed by atoms with E-state index in [1.807, 2.05) is 0 Å². The molecule has 0 aromatic carbocycles. The topological polar surface area (TPSA) is 26.3 Å². The Labute approximate surface area is 76.2 Å². The van der Waals surface area contributed by atoms with Crippen molar-refractivity contribution in [1.82, 2.24) is 0 Å². The van der Waals surface area contributed by atoms with E-state index in [0.717, 1.165) is 0 Å². The molecular formula is C6H8BrF3O2. The van der Waals surface area contributed by atoms with Crippen molar-refractivity contribution in [2.75, 3.05) is 6.61 Å². The zero-order chi connectivity index (χ0) is 9.78. The number of carbonyl (C=O) groups is 1. The molecule has 0 saturated carbocycles. The Morgan fingerprint density at radius 3 is 2.42 bits per heavy atom. The van der Waals surface area contributed by atoms with Gasteiger partial charge in [-0.2, -0.15) is 13.2 Å². The summed E-state index contributed by atoms with van der Waals surface area (Å²) in [5.74, 6) is -0.880. The number of halogens is 4. The summed E-state index contributed by atoms with van der Waals surface area (Å²) in [6.45, 7) is 1.62. The van der Waals surface area contributed by atoms with Crippen LogP contribution >= 0.6 is 15.9 Å². The van der Waals surface area contributed by atoms with E-state index < -0.39 is 23.4 Å². The largest absolute Gasteiger partial charge is 0.465 e. The zero-order valence-corrected chi connectivity index (χ0v) is 7.91. The molecule has 0 heterocycles. The van der Waals surface area contributed by atoms with Crippen LogP contribution in [0, 0.1) is 0 Å². The molecule has 0 aromatic rings. The minimum absolute atomic E-state index is 0.0821. The lowest BCUT2D eigenvalue weighted by molar-refractivity contribution is -0.155. The molecule has 1 unspecified atom stereocenters. The molecule has 0 aliphatic rings. The summed E-state index contributed by atoms with van der Waals surface area (Å²) in [5.41, 5.74) is 0. The van der Waals surface area contributed by atoms with Crippen LogP contribution in [0.2, 0.25) is 0 Å². The molecule has 0 aliphatic heterocycles. The van der Waals surface area contributed by atoms with Crippen LogP contribution in [0.4, 0.5) is 13.2 Å². The van der Waals surface area contributed by atoms with E-state index in [4.69, 9.17) is 0 Å². The third-order valence-corrected chi connectivity index (χ3v) is 1.65. The highest BCUT2D eigenvalue weighted by Crippen LogP contribution is 2.25. The molecule has 72 valence electrons. The van der Waals surface area contributed by atoms with Crippen LogP contribution in [-0.4, -0.2) is 23.6 Å². The molecule has 0 aromatic heterocycles. The van der Waals surface area contributed by atoms with Gasteiger partial charge < -0.3 is 4.74 Å². The van der Waals surface area contributed by atoms with Crippen molar-refractivity contribution in [3.05, 3.63) is 0 Å². The van der Waals surface area contributed by atoms with Crippen molar-refractivity contribution in [2.45, 2.75) is 24.3 Å². The van der Waals surface area contributed by atoms with Gasteiger partial charge in [-0.3, -0.25) is 4.79 Å². The highest BCUT2D eigenvalue weighted by atomic mass is 79.9. The minimum atomic E-state index is -4.35. The Balaban J connectivity index is 3.87. The minimum Gasteiger partial charge on any atom is -0.465 e. The van der Waals surface area contributed by atoms with Gasteiger partial charge in [0.15, 0.2) is 0 Å². The third-order valence-electron chi connectivity index (χ3n) is 0.953. The first-order valence-electron chi connectivity index (χ1n) is 3.24. The molecule has 0 rings (SSSR count). The number of rotatable bonds is 3. The lowest BCUT2D eigenvalue weighted by atomic mass is 10.3. The third kappa shape index (κ3) is 5.40. The van der Waals surface area contributed by atoms with Crippen molar-refractivity contribution in [3.8, 4) is 0 Å².